The Hall–Kier alpha value is -1.20. The minimum atomic E-state index is -0.114. The van der Waals surface area contributed by atoms with Gasteiger partial charge in [0, 0.05) is 19.2 Å². The van der Waals surface area contributed by atoms with Crippen LogP contribution in [-0.4, -0.2) is 20.5 Å². The normalized spacial score (nSPS) is 10.4. The van der Waals surface area contributed by atoms with Crippen molar-refractivity contribution in [1.29, 1.82) is 0 Å². The van der Waals surface area contributed by atoms with Crippen LogP contribution in [0.25, 0.3) is 5.82 Å². The highest BCUT2D eigenvalue weighted by Crippen LogP contribution is 2.21. The lowest BCUT2D eigenvalue weighted by atomic mass is 10.3. The molecule has 2 aromatic rings. The lowest BCUT2D eigenvalue weighted by molar-refractivity contribution is 0.101. The van der Waals surface area contributed by atoms with Gasteiger partial charge in [-0.2, -0.15) is 5.10 Å². The Balaban J connectivity index is 2.64. The molecule has 2 rings (SSSR count). The lowest BCUT2D eigenvalue weighted by Gasteiger charge is -2.05. The van der Waals surface area contributed by atoms with Gasteiger partial charge in [0.25, 0.3) is 0 Å². The van der Waals surface area contributed by atoms with Gasteiger partial charge in [-0.1, -0.05) is 11.6 Å². The van der Waals surface area contributed by atoms with Crippen molar-refractivity contribution < 1.29 is 4.79 Å². The molecule has 0 aliphatic carbocycles. The third kappa shape index (κ3) is 2.01. The van der Waals surface area contributed by atoms with Crippen LogP contribution in [0.3, 0.4) is 0 Å². The number of hydrogen-bond donors (Lipinski definition) is 0. The molecular weight excluding hydrogens is 293 g/mol. The zero-order valence-corrected chi connectivity index (χ0v) is 10.7. The van der Waals surface area contributed by atoms with E-state index in [1.54, 1.807) is 12.3 Å². The second kappa shape index (κ2) is 4.35. The van der Waals surface area contributed by atoms with Gasteiger partial charge < -0.3 is 0 Å². The average molecular weight is 301 g/mol. The Morgan fingerprint density at radius 2 is 2.31 bits per heavy atom. The van der Waals surface area contributed by atoms with E-state index in [0.717, 1.165) is 4.47 Å². The molecule has 0 aliphatic heterocycles. The standard InChI is InChI=1S/C10H7BrClN3O/c1-6(16)8-5-9(12)14-15(8)10-7(11)3-2-4-13-10/h2-5H,1H3. The van der Waals surface area contributed by atoms with E-state index in [4.69, 9.17) is 11.6 Å². The van der Waals surface area contributed by atoms with Gasteiger partial charge in [0.05, 0.1) is 4.47 Å². The van der Waals surface area contributed by atoms with Crippen LogP contribution in [0, 0.1) is 0 Å². The lowest BCUT2D eigenvalue weighted by Crippen LogP contribution is -2.08. The summed E-state index contributed by atoms with van der Waals surface area (Å²) in [4.78, 5) is 15.5. The Labute approximate surface area is 105 Å². The largest absolute Gasteiger partial charge is 0.293 e. The molecule has 0 bridgehead atoms. The van der Waals surface area contributed by atoms with E-state index in [1.165, 1.54) is 17.7 Å². The SMILES string of the molecule is CC(=O)c1cc(Cl)nn1-c1ncccc1Br. The number of hydrogen-bond acceptors (Lipinski definition) is 3. The summed E-state index contributed by atoms with van der Waals surface area (Å²) in [5, 5.41) is 4.30. The van der Waals surface area contributed by atoms with Gasteiger partial charge >= 0.3 is 0 Å². The monoisotopic (exact) mass is 299 g/mol. The zero-order valence-electron chi connectivity index (χ0n) is 8.32. The fourth-order valence-corrected chi connectivity index (χ4v) is 1.90. The van der Waals surface area contributed by atoms with E-state index in [0.29, 0.717) is 11.5 Å². The van der Waals surface area contributed by atoms with Crippen LogP contribution in [0.1, 0.15) is 17.4 Å². The quantitative estimate of drug-likeness (QED) is 0.801. The van der Waals surface area contributed by atoms with Gasteiger partial charge in [-0.3, -0.25) is 4.79 Å². The van der Waals surface area contributed by atoms with E-state index in [9.17, 15) is 4.79 Å². The number of carbonyl (C=O) groups excluding carboxylic acids is 1. The topological polar surface area (TPSA) is 47.8 Å². The van der Waals surface area contributed by atoms with Crippen molar-refractivity contribution in [2.45, 2.75) is 6.92 Å². The first-order valence-electron chi connectivity index (χ1n) is 4.47. The summed E-state index contributed by atoms with van der Waals surface area (Å²) in [6.07, 6.45) is 1.62. The van der Waals surface area contributed by atoms with Crippen LogP contribution in [0.5, 0.6) is 0 Å². The van der Waals surface area contributed by atoms with Crippen LogP contribution in [0.15, 0.2) is 28.9 Å². The molecule has 0 aromatic carbocycles. The smallest absolute Gasteiger partial charge is 0.178 e. The first-order chi connectivity index (χ1) is 7.59. The third-order valence-corrected chi connectivity index (χ3v) is 2.78. The highest BCUT2D eigenvalue weighted by Gasteiger charge is 2.14. The predicted octanol–water partition coefficient (Wildman–Crippen LogP) is 2.89. The molecule has 2 aromatic heterocycles. The maximum absolute atomic E-state index is 11.4. The van der Waals surface area contributed by atoms with Crippen LogP contribution in [0.4, 0.5) is 0 Å². The number of pyridine rings is 1. The summed E-state index contributed by atoms with van der Waals surface area (Å²) >= 11 is 9.13. The zero-order chi connectivity index (χ0) is 11.7. The maximum Gasteiger partial charge on any atom is 0.178 e. The Morgan fingerprint density at radius 1 is 1.56 bits per heavy atom. The van der Waals surface area contributed by atoms with Gasteiger partial charge in [-0.05, 0) is 28.1 Å². The first kappa shape index (κ1) is 11.3. The molecule has 4 nitrogen and oxygen atoms in total. The minimum absolute atomic E-state index is 0.114. The van der Waals surface area contributed by atoms with Crippen LogP contribution in [0.2, 0.25) is 5.15 Å². The molecule has 0 unspecified atom stereocenters. The second-order valence-corrected chi connectivity index (χ2v) is 4.37. The fraction of sp³-hybridized carbons (Fsp3) is 0.100. The molecule has 0 saturated carbocycles. The highest BCUT2D eigenvalue weighted by atomic mass is 79.9. The number of aromatic nitrogens is 3. The van der Waals surface area contributed by atoms with Crippen molar-refractivity contribution in [1.82, 2.24) is 14.8 Å². The molecule has 82 valence electrons. The molecule has 0 fully saturated rings. The van der Waals surface area contributed by atoms with Crippen molar-refractivity contribution in [3.05, 3.63) is 39.7 Å². The fourth-order valence-electron chi connectivity index (χ4n) is 1.30. The Morgan fingerprint density at radius 3 is 2.94 bits per heavy atom. The predicted molar refractivity (Wildman–Crippen MR) is 64.1 cm³/mol. The summed E-state index contributed by atoms with van der Waals surface area (Å²) < 4.78 is 2.17. The summed E-state index contributed by atoms with van der Waals surface area (Å²) in [6, 6.07) is 5.12. The van der Waals surface area contributed by atoms with Gasteiger partial charge in [-0.15, -0.1) is 0 Å². The molecule has 0 aliphatic rings. The number of carbonyl (C=O) groups is 1. The molecule has 0 amide bonds. The molecule has 0 saturated heterocycles. The molecule has 0 radical (unpaired) electrons. The first-order valence-corrected chi connectivity index (χ1v) is 5.64. The molecular formula is C10H7BrClN3O. The second-order valence-electron chi connectivity index (χ2n) is 3.13. The number of Topliss-reactive ketones (excluding diaryl/α,β-unsaturated/α-hetero) is 1. The summed E-state index contributed by atoms with van der Waals surface area (Å²) in [6.45, 7) is 1.46. The van der Waals surface area contributed by atoms with E-state index in [-0.39, 0.29) is 10.9 Å². The Kier molecular flexibility index (Phi) is 3.07. The highest BCUT2D eigenvalue weighted by molar-refractivity contribution is 9.10. The van der Waals surface area contributed by atoms with Gasteiger partial charge in [-0.25, -0.2) is 9.67 Å². The molecule has 16 heavy (non-hydrogen) atoms. The van der Waals surface area contributed by atoms with Gasteiger partial charge in [0.15, 0.2) is 16.8 Å². The average Bonchev–Trinajstić information content (AvgIpc) is 2.61. The van der Waals surface area contributed by atoms with Crippen molar-refractivity contribution in [3.8, 4) is 5.82 Å². The van der Waals surface area contributed by atoms with E-state index in [1.807, 2.05) is 6.07 Å². The maximum atomic E-state index is 11.4. The van der Waals surface area contributed by atoms with E-state index >= 15 is 0 Å². The summed E-state index contributed by atoms with van der Waals surface area (Å²) in [7, 11) is 0. The molecule has 0 N–H and O–H groups in total. The van der Waals surface area contributed by atoms with Crippen molar-refractivity contribution in [2.75, 3.05) is 0 Å². The van der Waals surface area contributed by atoms with Crippen LogP contribution >= 0.6 is 27.5 Å². The van der Waals surface area contributed by atoms with Gasteiger partial charge in [0.2, 0.25) is 0 Å². The molecule has 6 heteroatoms. The minimum Gasteiger partial charge on any atom is -0.293 e. The van der Waals surface area contributed by atoms with Crippen molar-refractivity contribution >= 4 is 33.3 Å². The summed E-state index contributed by atoms with van der Waals surface area (Å²) in [5.41, 5.74) is 0.407. The van der Waals surface area contributed by atoms with E-state index in [2.05, 4.69) is 26.0 Å². The Bertz CT molecular complexity index is 553. The van der Waals surface area contributed by atoms with Crippen molar-refractivity contribution in [2.24, 2.45) is 0 Å². The molecule has 0 spiro atoms. The van der Waals surface area contributed by atoms with E-state index < -0.39 is 0 Å². The number of nitrogens with zero attached hydrogens (tertiary/aromatic N) is 3. The van der Waals surface area contributed by atoms with Crippen molar-refractivity contribution in [3.63, 3.8) is 0 Å². The van der Waals surface area contributed by atoms with Crippen LogP contribution in [-0.2, 0) is 0 Å². The third-order valence-electron chi connectivity index (χ3n) is 1.98. The molecule has 2 heterocycles. The number of rotatable bonds is 2. The molecule has 0 atom stereocenters. The number of ketones is 1. The van der Waals surface area contributed by atoms with Gasteiger partial charge in [0.1, 0.15) is 5.69 Å². The summed E-state index contributed by atoms with van der Waals surface area (Å²) in [5.74, 6) is 0.427. The number of halogens is 2. The van der Waals surface area contributed by atoms with Crippen LogP contribution < -0.4 is 0 Å².